The van der Waals surface area contributed by atoms with Gasteiger partial charge in [0.1, 0.15) is 11.2 Å². The lowest BCUT2D eigenvalue weighted by atomic mass is 9.82. The summed E-state index contributed by atoms with van der Waals surface area (Å²) in [5, 5.41) is 7.17. The van der Waals surface area contributed by atoms with E-state index >= 15 is 0 Å². The van der Waals surface area contributed by atoms with Crippen molar-refractivity contribution in [1.82, 2.24) is 0 Å². The summed E-state index contributed by atoms with van der Waals surface area (Å²) in [6.07, 6.45) is 0. The summed E-state index contributed by atoms with van der Waals surface area (Å²) in [4.78, 5) is 2.47. The standard InChI is InChI=1S/C49H33NOS/c1-49(2)41-18-8-5-14-34(41)35-26-23-32(29-42(35)49)50(31-24-27-46-40(28-31)37-16-7-10-21-45(37)52-46)43-19-9-6-15-36(43)38-17-11-20-44-47(38)39-25-22-30-12-3-4-13-33(30)48(39)51-44/h3-29H,1-2H3. The highest BCUT2D eigenvalue weighted by molar-refractivity contribution is 7.25. The first-order chi connectivity index (χ1) is 25.5. The van der Waals surface area contributed by atoms with E-state index in [4.69, 9.17) is 4.42 Å². The predicted octanol–water partition coefficient (Wildman–Crippen LogP) is 14.6. The molecule has 0 radical (unpaired) electrons. The third-order valence-corrected chi connectivity index (χ3v) is 12.4. The molecule has 0 spiro atoms. The number of para-hydroxylation sites is 1. The Bertz CT molecular complexity index is 3070. The van der Waals surface area contributed by atoms with Crippen LogP contribution in [0.3, 0.4) is 0 Å². The van der Waals surface area contributed by atoms with Crippen molar-refractivity contribution in [3.63, 3.8) is 0 Å². The van der Waals surface area contributed by atoms with E-state index in [2.05, 4.69) is 183 Å². The average molecular weight is 684 g/mol. The Labute approximate surface area is 305 Å². The second-order valence-electron chi connectivity index (χ2n) is 14.5. The number of nitrogens with zero attached hydrogens (tertiary/aromatic N) is 1. The molecule has 0 saturated heterocycles. The second-order valence-corrected chi connectivity index (χ2v) is 15.6. The summed E-state index contributed by atoms with van der Waals surface area (Å²) in [5.41, 5.74) is 12.8. The van der Waals surface area contributed by atoms with Gasteiger partial charge in [0.2, 0.25) is 0 Å². The number of rotatable bonds is 4. The summed E-state index contributed by atoms with van der Waals surface area (Å²) in [7, 11) is 0. The largest absolute Gasteiger partial charge is 0.455 e. The lowest BCUT2D eigenvalue weighted by molar-refractivity contribution is 0.660. The van der Waals surface area contributed by atoms with Gasteiger partial charge in [0.25, 0.3) is 0 Å². The van der Waals surface area contributed by atoms with Crippen LogP contribution in [0, 0.1) is 0 Å². The molecular weight excluding hydrogens is 651 g/mol. The van der Waals surface area contributed by atoms with Crippen molar-refractivity contribution < 1.29 is 4.42 Å². The minimum absolute atomic E-state index is 0.120. The zero-order chi connectivity index (χ0) is 34.6. The van der Waals surface area contributed by atoms with Crippen LogP contribution in [-0.2, 0) is 5.41 Å². The molecule has 2 nitrogen and oxygen atoms in total. The van der Waals surface area contributed by atoms with Gasteiger partial charge < -0.3 is 9.32 Å². The number of fused-ring (bicyclic) bond motifs is 11. The smallest absolute Gasteiger partial charge is 0.143 e. The molecule has 0 amide bonds. The monoisotopic (exact) mass is 683 g/mol. The van der Waals surface area contributed by atoms with Crippen molar-refractivity contribution in [3.8, 4) is 22.3 Å². The molecule has 0 saturated carbocycles. The first-order valence-corrected chi connectivity index (χ1v) is 18.7. The minimum Gasteiger partial charge on any atom is -0.455 e. The number of thiophene rings is 1. The van der Waals surface area contributed by atoms with E-state index in [0.717, 1.165) is 55.5 Å². The molecule has 0 bridgehead atoms. The zero-order valence-corrected chi connectivity index (χ0v) is 29.7. The number of benzene rings is 8. The highest BCUT2D eigenvalue weighted by atomic mass is 32.1. The van der Waals surface area contributed by atoms with Crippen molar-refractivity contribution in [2.75, 3.05) is 4.90 Å². The molecule has 0 N–H and O–H groups in total. The van der Waals surface area contributed by atoms with Gasteiger partial charge in [0.05, 0.1) is 5.69 Å². The maximum atomic E-state index is 6.67. The minimum atomic E-state index is -0.120. The lowest BCUT2D eigenvalue weighted by Crippen LogP contribution is -2.16. The molecule has 0 unspecified atom stereocenters. The van der Waals surface area contributed by atoms with Crippen LogP contribution >= 0.6 is 11.3 Å². The quantitative estimate of drug-likeness (QED) is 0.184. The molecule has 11 rings (SSSR count). The summed E-state index contributed by atoms with van der Waals surface area (Å²) in [6, 6.07) is 60.0. The number of furan rings is 1. The Morgan fingerprint density at radius 2 is 1.17 bits per heavy atom. The normalized spacial score (nSPS) is 13.3. The Kier molecular flexibility index (Phi) is 6.21. The zero-order valence-electron chi connectivity index (χ0n) is 28.9. The number of anilines is 3. The third-order valence-electron chi connectivity index (χ3n) is 11.3. The van der Waals surface area contributed by atoms with Crippen LogP contribution in [-0.4, -0.2) is 0 Å². The first kappa shape index (κ1) is 29.6. The van der Waals surface area contributed by atoms with Crippen LogP contribution in [0.25, 0.3) is 75.1 Å². The van der Waals surface area contributed by atoms with Crippen LogP contribution in [0.1, 0.15) is 25.0 Å². The molecule has 10 aromatic rings. The van der Waals surface area contributed by atoms with Gasteiger partial charge in [0.15, 0.2) is 0 Å². The fraction of sp³-hybridized carbons (Fsp3) is 0.0612. The van der Waals surface area contributed by atoms with Gasteiger partial charge in [0, 0.05) is 58.7 Å². The van der Waals surface area contributed by atoms with Crippen LogP contribution in [0.15, 0.2) is 168 Å². The highest BCUT2D eigenvalue weighted by Crippen LogP contribution is 2.52. The predicted molar refractivity (Wildman–Crippen MR) is 222 cm³/mol. The molecule has 1 aliphatic carbocycles. The van der Waals surface area contributed by atoms with Crippen molar-refractivity contribution in [3.05, 3.63) is 175 Å². The van der Waals surface area contributed by atoms with Crippen LogP contribution in [0.5, 0.6) is 0 Å². The molecule has 246 valence electrons. The maximum absolute atomic E-state index is 6.67. The Morgan fingerprint density at radius 1 is 0.481 bits per heavy atom. The number of hydrogen-bond acceptors (Lipinski definition) is 3. The van der Waals surface area contributed by atoms with Gasteiger partial charge in [-0.25, -0.2) is 0 Å². The van der Waals surface area contributed by atoms with Gasteiger partial charge >= 0.3 is 0 Å². The summed E-state index contributed by atoms with van der Waals surface area (Å²) in [6.45, 7) is 4.72. The van der Waals surface area contributed by atoms with Gasteiger partial charge in [-0.2, -0.15) is 0 Å². The molecule has 0 aliphatic heterocycles. The molecule has 1 aliphatic rings. The Morgan fingerprint density at radius 3 is 2.10 bits per heavy atom. The topological polar surface area (TPSA) is 16.4 Å². The Hall–Kier alpha value is -6.16. The fourth-order valence-electron chi connectivity index (χ4n) is 8.79. The molecule has 0 atom stereocenters. The van der Waals surface area contributed by atoms with Gasteiger partial charge in [-0.05, 0) is 87.8 Å². The molecule has 2 heterocycles. The molecular formula is C49H33NOS. The first-order valence-electron chi connectivity index (χ1n) is 17.9. The summed E-state index contributed by atoms with van der Waals surface area (Å²) >= 11 is 1.86. The number of hydrogen-bond donors (Lipinski definition) is 0. The van der Waals surface area contributed by atoms with Crippen molar-refractivity contribution in [2.45, 2.75) is 19.3 Å². The SMILES string of the molecule is CC1(C)c2ccccc2-c2ccc(N(c3ccc4sc5ccccc5c4c3)c3ccccc3-c3cccc4oc5c6ccccc6ccc5c34)cc21. The van der Waals surface area contributed by atoms with Crippen LogP contribution in [0.2, 0.25) is 0 Å². The third kappa shape index (κ3) is 4.17. The molecule has 3 heteroatoms. The van der Waals surface area contributed by atoms with Crippen LogP contribution < -0.4 is 4.90 Å². The Balaban J connectivity index is 1.18. The van der Waals surface area contributed by atoms with Gasteiger partial charge in [-0.15, -0.1) is 11.3 Å². The van der Waals surface area contributed by atoms with E-state index in [1.807, 2.05) is 11.3 Å². The molecule has 0 fully saturated rings. The van der Waals surface area contributed by atoms with E-state index in [-0.39, 0.29) is 5.41 Å². The fourth-order valence-corrected chi connectivity index (χ4v) is 9.87. The van der Waals surface area contributed by atoms with Gasteiger partial charge in [-0.3, -0.25) is 0 Å². The highest BCUT2D eigenvalue weighted by Gasteiger charge is 2.36. The van der Waals surface area contributed by atoms with E-state index in [1.165, 1.54) is 47.8 Å². The molecule has 8 aromatic carbocycles. The average Bonchev–Trinajstić information content (AvgIpc) is 3.83. The summed E-state index contributed by atoms with van der Waals surface area (Å²) < 4.78 is 9.28. The van der Waals surface area contributed by atoms with Crippen molar-refractivity contribution >= 4 is 81.3 Å². The summed E-state index contributed by atoms with van der Waals surface area (Å²) in [5.74, 6) is 0. The van der Waals surface area contributed by atoms with E-state index in [0.29, 0.717) is 0 Å². The van der Waals surface area contributed by atoms with E-state index < -0.39 is 0 Å². The van der Waals surface area contributed by atoms with E-state index in [1.54, 1.807) is 0 Å². The second kappa shape index (κ2) is 10.9. The lowest BCUT2D eigenvalue weighted by Gasteiger charge is -2.30. The van der Waals surface area contributed by atoms with E-state index in [9.17, 15) is 0 Å². The van der Waals surface area contributed by atoms with Crippen LogP contribution in [0.4, 0.5) is 17.1 Å². The van der Waals surface area contributed by atoms with Crippen molar-refractivity contribution in [1.29, 1.82) is 0 Å². The van der Waals surface area contributed by atoms with Crippen molar-refractivity contribution in [2.24, 2.45) is 0 Å². The molecule has 2 aromatic heterocycles. The maximum Gasteiger partial charge on any atom is 0.143 e. The molecule has 52 heavy (non-hydrogen) atoms. The van der Waals surface area contributed by atoms with Gasteiger partial charge in [-0.1, -0.05) is 123 Å².